The van der Waals surface area contributed by atoms with Crippen LogP contribution in [0.4, 0.5) is 4.39 Å². The molecule has 0 N–H and O–H groups in total. The van der Waals surface area contributed by atoms with Gasteiger partial charge in [-0.2, -0.15) is 14.6 Å². The molecule has 0 aliphatic rings. The van der Waals surface area contributed by atoms with Gasteiger partial charge >= 0.3 is 0 Å². The van der Waals surface area contributed by atoms with E-state index in [0.29, 0.717) is 17.0 Å². The fourth-order valence-corrected chi connectivity index (χ4v) is 1.67. The summed E-state index contributed by atoms with van der Waals surface area (Å²) in [5.41, 5.74) is 1.01. The van der Waals surface area contributed by atoms with Crippen molar-refractivity contribution in [1.29, 1.82) is 0 Å². The van der Waals surface area contributed by atoms with E-state index in [1.54, 1.807) is 12.3 Å². The van der Waals surface area contributed by atoms with Crippen LogP contribution < -0.4 is 0 Å². The predicted octanol–water partition coefficient (Wildman–Crippen LogP) is 1.98. The molecule has 0 radical (unpaired) electrons. The molecular formula is C10H5ClFN5. The summed E-state index contributed by atoms with van der Waals surface area (Å²) in [5, 5.41) is 4.11. The van der Waals surface area contributed by atoms with Crippen molar-refractivity contribution in [3.05, 3.63) is 41.8 Å². The molecule has 17 heavy (non-hydrogen) atoms. The van der Waals surface area contributed by atoms with Crippen molar-refractivity contribution in [3.8, 4) is 11.4 Å². The molecule has 0 atom stereocenters. The van der Waals surface area contributed by atoms with Crippen LogP contribution in [0.2, 0.25) is 5.28 Å². The van der Waals surface area contributed by atoms with Crippen molar-refractivity contribution in [2.45, 2.75) is 0 Å². The molecule has 3 heterocycles. The average molecular weight is 250 g/mol. The van der Waals surface area contributed by atoms with E-state index in [-0.39, 0.29) is 5.28 Å². The van der Waals surface area contributed by atoms with Crippen LogP contribution in [0.25, 0.3) is 17.0 Å². The van der Waals surface area contributed by atoms with Crippen molar-refractivity contribution in [2.24, 2.45) is 0 Å². The van der Waals surface area contributed by atoms with Gasteiger partial charge in [0, 0.05) is 17.8 Å². The smallest absolute Gasteiger partial charge is 0.227 e. The molecule has 0 aliphatic carbocycles. The molecule has 5 nitrogen and oxygen atoms in total. The lowest BCUT2D eigenvalue weighted by molar-refractivity contribution is 0.622. The third-order valence-electron chi connectivity index (χ3n) is 2.18. The monoisotopic (exact) mass is 249 g/mol. The van der Waals surface area contributed by atoms with Crippen molar-refractivity contribution < 1.29 is 4.39 Å². The number of hydrogen-bond donors (Lipinski definition) is 0. The number of halogens is 2. The third kappa shape index (κ3) is 1.72. The molecule has 0 spiro atoms. The minimum absolute atomic E-state index is 0.166. The van der Waals surface area contributed by atoms with Gasteiger partial charge in [0.25, 0.3) is 0 Å². The van der Waals surface area contributed by atoms with Gasteiger partial charge in [-0.3, -0.25) is 4.98 Å². The lowest BCUT2D eigenvalue weighted by atomic mass is 10.2. The van der Waals surface area contributed by atoms with E-state index in [0.717, 1.165) is 6.20 Å². The Kier molecular flexibility index (Phi) is 2.22. The Balaban J connectivity index is 2.23. The Morgan fingerprint density at radius 2 is 2.12 bits per heavy atom. The minimum atomic E-state index is -0.449. The van der Waals surface area contributed by atoms with Gasteiger partial charge in [0.05, 0.1) is 12.4 Å². The predicted molar refractivity (Wildman–Crippen MR) is 59.0 cm³/mol. The summed E-state index contributed by atoms with van der Waals surface area (Å²) in [6, 6.07) is 2.98. The highest BCUT2D eigenvalue weighted by Gasteiger charge is 2.08. The maximum Gasteiger partial charge on any atom is 0.227 e. The number of pyridine rings is 1. The summed E-state index contributed by atoms with van der Waals surface area (Å²) in [7, 11) is 0. The highest BCUT2D eigenvalue weighted by molar-refractivity contribution is 6.28. The Labute approximate surface area is 99.9 Å². The van der Waals surface area contributed by atoms with Gasteiger partial charge in [-0.05, 0) is 17.7 Å². The molecule has 3 rings (SSSR count). The summed E-state index contributed by atoms with van der Waals surface area (Å²) in [6.07, 6.45) is 4.15. The molecule has 0 amide bonds. The van der Waals surface area contributed by atoms with Crippen LogP contribution in [0.3, 0.4) is 0 Å². The van der Waals surface area contributed by atoms with Crippen LogP contribution in [0.1, 0.15) is 0 Å². The van der Waals surface area contributed by atoms with Crippen molar-refractivity contribution in [1.82, 2.24) is 24.6 Å². The molecule has 0 aliphatic heterocycles. The summed E-state index contributed by atoms with van der Waals surface area (Å²) < 4.78 is 14.4. The van der Waals surface area contributed by atoms with Gasteiger partial charge in [-0.25, -0.2) is 9.37 Å². The second-order valence-corrected chi connectivity index (χ2v) is 3.65. The molecule has 0 fully saturated rings. The van der Waals surface area contributed by atoms with Crippen molar-refractivity contribution >= 4 is 17.2 Å². The van der Waals surface area contributed by atoms with E-state index in [2.05, 4.69) is 20.1 Å². The van der Waals surface area contributed by atoms with Crippen molar-refractivity contribution in [3.63, 3.8) is 0 Å². The van der Waals surface area contributed by atoms with Crippen LogP contribution in [0, 0.1) is 5.82 Å². The first kappa shape index (κ1) is 10.1. The molecule has 84 valence electrons. The SMILES string of the molecule is Fc1cncc(-c2nc(Cl)n3nccc3n2)c1. The fraction of sp³-hybridized carbons (Fsp3) is 0. The quantitative estimate of drug-likeness (QED) is 0.662. The third-order valence-corrected chi connectivity index (χ3v) is 2.42. The van der Waals surface area contributed by atoms with E-state index in [4.69, 9.17) is 11.6 Å². The summed E-state index contributed by atoms with van der Waals surface area (Å²) >= 11 is 5.93. The van der Waals surface area contributed by atoms with E-state index in [9.17, 15) is 4.39 Å². The second kappa shape index (κ2) is 3.74. The number of fused-ring (bicyclic) bond motifs is 1. The van der Waals surface area contributed by atoms with Gasteiger partial charge < -0.3 is 0 Å². The maximum absolute atomic E-state index is 13.0. The van der Waals surface area contributed by atoms with Gasteiger partial charge in [0.2, 0.25) is 5.28 Å². The Morgan fingerprint density at radius 3 is 2.94 bits per heavy atom. The molecule has 7 heteroatoms. The molecule has 0 unspecified atom stereocenters. The Bertz CT molecular complexity index is 696. The van der Waals surface area contributed by atoms with E-state index in [1.165, 1.54) is 16.8 Å². The highest BCUT2D eigenvalue weighted by Crippen LogP contribution is 2.18. The highest BCUT2D eigenvalue weighted by atomic mass is 35.5. The minimum Gasteiger partial charge on any atom is -0.261 e. The first-order valence-corrected chi connectivity index (χ1v) is 5.10. The van der Waals surface area contributed by atoms with E-state index >= 15 is 0 Å². The van der Waals surface area contributed by atoms with Gasteiger partial charge in [-0.15, -0.1) is 0 Å². The molecule has 3 aromatic heterocycles. The molecule has 0 aromatic carbocycles. The first-order valence-electron chi connectivity index (χ1n) is 4.72. The zero-order valence-corrected chi connectivity index (χ0v) is 9.13. The summed E-state index contributed by atoms with van der Waals surface area (Å²) in [4.78, 5) is 12.0. The molecular weight excluding hydrogens is 245 g/mol. The number of aromatic nitrogens is 5. The fourth-order valence-electron chi connectivity index (χ4n) is 1.45. The normalized spacial score (nSPS) is 10.9. The molecule has 0 saturated heterocycles. The topological polar surface area (TPSA) is 56.0 Å². The lowest BCUT2D eigenvalue weighted by Gasteiger charge is -2.01. The second-order valence-electron chi connectivity index (χ2n) is 3.31. The molecule has 0 bridgehead atoms. The van der Waals surface area contributed by atoms with Gasteiger partial charge in [-0.1, -0.05) is 0 Å². The van der Waals surface area contributed by atoms with Gasteiger partial charge in [0.15, 0.2) is 11.5 Å². The lowest BCUT2D eigenvalue weighted by Crippen LogP contribution is -1.99. The summed E-state index contributed by atoms with van der Waals surface area (Å²) in [6.45, 7) is 0. The number of hydrogen-bond acceptors (Lipinski definition) is 4. The van der Waals surface area contributed by atoms with Crippen molar-refractivity contribution in [2.75, 3.05) is 0 Å². The number of rotatable bonds is 1. The standard InChI is InChI=1S/C10H5ClFN5/c11-10-16-9(6-3-7(12)5-13-4-6)15-8-1-2-14-17(8)10/h1-5H. The zero-order chi connectivity index (χ0) is 11.8. The number of nitrogens with zero attached hydrogens (tertiary/aromatic N) is 5. The largest absolute Gasteiger partial charge is 0.261 e. The zero-order valence-electron chi connectivity index (χ0n) is 8.38. The Hall–Kier alpha value is -2.08. The van der Waals surface area contributed by atoms with E-state index in [1.807, 2.05) is 0 Å². The molecule has 0 saturated carbocycles. The Morgan fingerprint density at radius 1 is 1.24 bits per heavy atom. The van der Waals surface area contributed by atoms with Crippen LogP contribution in [-0.2, 0) is 0 Å². The molecule has 3 aromatic rings. The first-order chi connectivity index (χ1) is 8.24. The van der Waals surface area contributed by atoms with Crippen LogP contribution in [0.15, 0.2) is 30.7 Å². The van der Waals surface area contributed by atoms with E-state index < -0.39 is 5.82 Å². The summed E-state index contributed by atoms with van der Waals surface area (Å²) in [5.74, 6) is -0.134. The van der Waals surface area contributed by atoms with Crippen LogP contribution >= 0.6 is 11.6 Å². The van der Waals surface area contributed by atoms with Gasteiger partial charge in [0.1, 0.15) is 5.82 Å². The van der Waals surface area contributed by atoms with Crippen LogP contribution in [0.5, 0.6) is 0 Å². The maximum atomic E-state index is 13.0. The van der Waals surface area contributed by atoms with Crippen LogP contribution in [-0.4, -0.2) is 24.6 Å². The average Bonchev–Trinajstić information content (AvgIpc) is 2.77.